The number of benzene rings is 2. The van der Waals surface area contributed by atoms with Crippen molar-refractivity contribution < 1.29 is 9.59 Å². The number of aromatic nitrogens is 2. The maximum atomic E-state index is 12.2. The number of nitrogens with zero attached hydrogens (tertiary/aromatic N) is 2. The van der Waals surface area contributed by atoms with Gasteiger partial charge in [-0.2, -0.15) is 5.10 Å². The highest BCUT2D eigenvalue weighted by Crippen LogP contribution is 2.11. The molecule has 0 unspecified atom stereocenters. The van der Waals surface area contributed by atoms with Crippen LogP contribution in [0.4, 0.5) is 0 Å². The highest BCUT2D eigenvalue weighted by molar-refractivity contribution is 14.1. The average Bonchev–Trinajstić information content (AvgIpc) is 3.19. The summed E-state index contributed by atoms with van der Waals surface area (Å²) in [5.41, 5.74) is 2.67. The fraction of sp³-hybridized carbons (Fsp3) is 0.150. The molecule has 0 aliphatic rings. The molecule has 1 heterocycles. The normalized spacial score (nSPS) is 10.4. The third kappa shape index (κ3) is 5.40. The Hall–Kier alpha value is -2.68. The second-order valence-corrected chi connectivity index (χ2v) is 7.07. The van der Waals surface area contributed by atoms with Gasteiger partial charge in [0, 0.05) is 22.5 Å². The molecule has 0 atom stereocenters. The first-order valence-electron chi connectivity index (χ1n) is 8.47. The van der Waals surface area contributed by atoms with Crippen molar-refractivity contribution >= 4 is 34.4 Å². The fourth-order valence-electron chi connectivity index (χ4n) is 2.61. The zero-order valence-electron chi connectivity index (χ0n) is 14.6. The van der Waals surface area contributed by atoms with Crippen molar-refractivity contribution in [3.63, 3.8) is 0 Å². The predicted octanol–water partition coefficient (Wildman–Crippen LogP) is 2.58. The van der Waals surface area contributed by atoms with Crippen molar-refractivity contribution in [3.05, 3.63) is 87.3 Å². The molecule has 0 bridgehead atoms. The highest BCUT2D eigenvalue weighted by Gasteiger charge is 2.11. The molecule has 2 N–H and O–H groups in total. The zero-order valence-corrected chi connectivity index (χ0v) is 16.7. The molecule has 27 heavy (non-hydrogen) atoms. The number of halogens is 1. The molecule has 0 saturated heterocycles. The molecule has 3 rings (SSSR count). The Labute approximate surface area is 171 Å². The van der Waals surface area contributed by atoms with Crippen LogP contribution < -0.4 is 10.6 Å². The van der Waals surface area contributed by atoms with E-state index in [9.17, 15) is 9.59 Å². The molecule has 2 amide bonds. The Morgan fingerprint density at radius 2 is 1.70 bits per heavy atom. The first kappa shape index (κ1) is 19.1. The highest BCUT2D eigenvalue weighted by atomic mass is 127. The molecule has 2 aromatic carbocycles. The number of carbonyl (C=O) groups excluding carboxylic acids is 2. The molecule has 3 aromatic rings. The lowest BCUT2D eigenvalue weighted by atomic mass is 10.1. The Morgan fingerprint density at radius 3 is 2.44 bits per heavy atom. The van der Waals surface area contributed by atoms with E-state index in [0.717, 1.165) is 14.7 Å². The monoisotopic (exact) mass is 474 g/mol. The van der Waals surface area contributed by atoms with Gasteiger partial charge in [0.1, 0.15) is 0 Å². The predicted molar refractivity (Wildman–Crippen MR) is 111 cm³/mol. The van der Waals surface area contributed by atoms with Gasteiger partial charge in [-0.15, -0.1) is 0 Å². The van der Waals surface area contributed by atoms with Crippen molar-refractivity contribution in [2.45, 2.75) is 13.1 Å². The Balaban J connectivity index is 1.52. The lowest BCUT2D eigenvalue weighted by Gasteiger charge is -2.11. The number of hydrogen-bond donors (Lipinski definition) is 2. The molecule has 7 heteroatoms. The first-order valence-corrected chi connectivity index (χ1v) is 9.55. The molecular formula is C20H19IN4O2. The summed E-state index contributed by atoms with van der Waals surface area (Å²) in [6.45, 7) is 0.975. The summed E-state index contributed by atoms with van der Waals surface area (Å²) in [5.74, 6) is -0.489. The smallest absolute Gasteiger partial charge is 0.252 e. The van der Waals surface area contributed by atoms with Crippen molar-refractivity contribution in [2.24, 2.45) is 0 Å². The SMILES string of the molecule is O=C(CNC(=O)c1ccccc1I)NCc1ccccc1Cn1cccn1. The molecule has 6 nitrogen and oxygen atoms in total. The van der Waals surface area contributed by atoms with Gasteiger partial charge in [-0.05, 0) is 51.9 Å². The largest absolute Gasteiger partial charge is 0.350 e. The van der Waals surface area contributed by atoms with E-state index in [0.29, 0.717) is 18.7 Å². The molecule has 0 saturated carbocycles. The van der Waals surface area contributed by atoms with Gasteiger partial charge in [-0.25, -0.2) is 0 Å². The lowest BCUT2D eigenvalue weighted by Crippen LogP contribution is -2.37. The van der Waals surface area contributed by atoms with E-state index in [1.807, 2.05) is 53.3 Å². The van der Waals surface area contributed by atoms with Gasteiger partial charge >= 0.3 is 0 Å². The average molecular weight is 474 g/mol. The van der Waals surface area contributed by atoms with E-state index >= 15 is 0 Å². The summed E-state index contributed by atoms with van der Waals surface area (Å²) in [5, 5.41) is 9.73. The quantitative estimate of drug-likeness (QED) is 0.517. The molecular weight excluding hydrogens is 455 g/mol. The van der Waals surface area contributed by atoms with Gasteiger partial charge in [0.2, 0.25) is 5.91 Å². The summed E-state index contributed by atoms with van der Waals surface area (Å²) in [4.78, 5) is 24.3. The van der Waals surface area contributed by atoms with Crippen LogP contribution in [0, 0.1) is 3.57 Å². The van der Waals surface area contributed by atoms with Crippen LogP contribution in [-0.4, -0.2) is 28.1 Å². The van der Waals surface area contributed by atoms with E-state index < -0.39 is 0 Å². The summed E-state index contributed by atoms with van der Waals surface area (Å²) < 4.78 is 2.68. The van der Waals surface area contributed by atoms with Gasteiger partial charge in [0.15, 0.2) is 0 Å². The molecule has 0 radical (unpaired) electrons. The second-order valence-electron chi connectivity index (χ2n) is 5.91. The Bertz CT molecular complexity index is 925. The topological polar surface area (TPSA) is 76.0 Å². The third-order valence-electron chi connectivity index (χ3n) is 4.01. The second kappa shape index (κ2) is 9.31. The molecule has 138 valence electrons. The number of rotatable bonds is 7. The lowest BCUT2D eigenvalue weighted by molar-refractivity contribution is -0.120. The minimum atomic E-state index is -0.255. The van der Waals surface area contributed by atoms with Crippen LogP contribution in [0.1, 0.15) is 21.5 Å². The molecule has 0 aliphatic carbocycles. The summed E-state index contributed by atoms with van der Waals surface area (Å²) in [7, 11) is 0. The van der Waals surface area contributed by atoms with Crippen molar-refractivity contribution in [1.29, 1.82) is 0 Å². The number of nitrogens with one attached hydrogen (secondary N) is 2. The number of hydrogen-bond acceptors (Lipinski definition) is 3. The van der Waals surface area contributed by atoms with Gasteiger partial charge in [0.05, 0.1) is 18.7 Å². The van der Waals surface area contributed by atoms with Crippen LogP contribution in [0.5, 0.6) is 0 Å². The van der Waals surface area contributed by atoms with Crippen molar-refractivity contribution in [2.75, 3.05) is 6.54 Å². The van der Waals surface area contributed by atoms with E-state index in [1.54, 1.807) is 18.3 Å². The molecule has 0 spiro atoms. The van der Waals surface area contributed by atoms with E-state index in [-0.39, 0.29) is 18.4 Å². The van der Waals surface area contributed by atoms with Crippen LogP contribution in [0.2, 0.25) is 0 Å². The van der Waals surface area contributed by atoms with Crippen LogP contribution in [0.3, 0.4) is 0 Å². The van der Waals surface area contributed by atoms with Gasteiger partial charge in [-0.3, -0.25) is 14.3 Å². The van der Waals surface area contributed by atoms with Gasteiger partial charge in [0.25, 0.3) is 5.91 Å². The van der Waals surface area contributed by atoms with Crippen LogP contribution >= 0.6 is 22.6 Å². The van der Waals surface area contributed by atoms with Crippen molar-refractivity contribution in [1.82, 2.24) is 20.4 Å². The van der Waals surface area contributed by atoms with Crippen LogP contribution in [0.25, 0.3) is 0 Å². The third-order valence-corrected chi connectivity index (χ3v) is 4.95. The maximum Gasteiger partial charge on any atom is 0.252 e. The van der Waals surface area contributed by atoms with Crippen LogP contribution in [-0.2, 0) is 17.9 Å². The standard InChI is InChI=1S/C20H19IN4O2/c21-18-9-4-3-8-17(18)20(27)23-13-19(26)22-12-15-6-1-2-7-16(15)14-25-11-5-10-24-25/h1-11H,12-14H2,(H,22,26)(H,23,27). The summed E-state index contributed by atoms with van der Waals surface area (Å²) in [6.07, 6.45) is 3.64. The molecule has 1 aromatic heterocycles. The van der Waals surface area contributed by atoms with Gasteiger partial charge < -0.3 is 10.6 Å². The minimum absolute atomic E-state index is 0.0644. The Morgan fingerprint density at radius 1 is 0.963 bits per heavy atom. The molecule has 0 fully saturated rings. The number of amides is 2. The Kier molecular flexibility index (Phi) is 6.59. The van der Waals surface area contributed by atoms with Crippen LogP contribution in [0.15, 0.2) is 67.0 Å². The van der Waals surface area contributed by atoms with Crippen molar-refractivity contribution in [3.8, 4) is 0 Å². The summed E-state index contributed by atoms with van der Waals surface area (Å²) in [6, 6.07) is 17.0. The van der Waals surface area contributed by atoms with E-state index in [2.05, 4.69) is 38.3 Å². The summed E-state index contributed by atoms with van der Waals surface area (Å²) >= 11 is 2.10. The zero-order chi connectivity index (χ0) is 19.1. The van der Waals surface area contributed by atoms with Gasteiger partial charge in [-0.1, -0.05) is 36.4 Å². The van der Waals surface area contributed by atoms with E-state index in [1.165, 1.54) is 0 Å². The minimum Gasteiger partial charge on any atom is -0.350 e. The molecule has 0 aliphatic heterocycles. The fourth-order valence-corrected chi connectivity index (χ4v) is 3.24. The maximum absolute atomic E-state index is 12.2. The number of carbonyl (C=O) groups is 2. The van der Waals surface area contributed by atoms with E-state index in [4.69, 9.17) is 0 Å². The first-order chi connectivity index (χ1) is 13.1.